The molecule has 2 aromatic heterocycles. The van der Waals surface area contributed by atoms with Gasteiger partial charge in [-0.15, -0.1) is 0 Å². The Kier molecular flexibility index (Phi) is 5.35. The molecule has 0 fully saturated rings. The third-order valence-corrected chi connectivity index (χ3v) is 4.14. The highest BCUT2D eigenvalue weighted by atomic mass is 16.5. The van der Waals surface area contributed by atoms with Crippen molar-refractivity contribution in [2.24, 2.45) is 14.1 Å². The SMILES string of the molecule is Cn1c(=O)c2cc(NC(=O)CCCOc3ccccc3)cnc2n(C)c1=O. The van der Waals surface area contributed by atoms with Crippen molar-refractivity contribution in [1.82, 2.24) is 14.1 Å². The Balaban J connectivity index is 1.63. The first-order valence-electron chi connectivity index (χ1n) is 8.51. The maximum absolute atomic E-state index is 12.3. The predicted molar refractivity (Wildman–Crippen MR) is 102 cm³/mol. The molecule has 0 saturated heterocycles. The van der Waals surface area contributed by atoms with Crippen LogP contribution in [0.1, 0.15) is 12.8 Å². The summed E-state index contributed by atoms with van der Waals surface area (Å²) in [5.41, 5.74) is -0.215. The lowest BCUT2D eigenvalue weighted by molar-refractivity contribution is -0.116. The van der Waals surface area contributed by atoms with Crippen LogP contribution in [0.3, 0.4) is 0 Å². The Labute approximate surface area is 155 Å². The second kappa shape index (κ2) is 7.86. The number of carbonyl (C=O) groups is 1. The summed E-state index contributed by atoms with van der Waals surface area (Å²) in [6.07, 6.45) is 2.26. The van der Waals surface area contributed by atoms with Gasteiger partial charge in [-0.2, -0.15) is 0 Å². The third-order valence-electron chi connectivity index (χ3n) is 4.14. The zero-order chi connectivity index (χ0) is 19.4. The average Bonchev–Trinajstić information content (AvgIpc) is 2.69. The van der Waals surface area contributed by atoms with E-state index in [1.807, 2.05) is 30.3 Å². The van der Waals surface area contributed by atoms with Crippen molar-refractivity contribution in [2.75, 3.05) is 11.9 Å². The first kappa shape index (κ1) is 18.4. The zero-order valence-corrected chi connectivity index (χ0v) is 15.1. The fourth-order valence-corrected chi connectivity index (χ4v) is 2.70. The summed E-state index contributed by atoms with van der Waals surface area (Å²) in [6, 6.07) is 10.9. The number of aryl methyl sites for hydroxylation is 1. The van der Waals surface area contributed by atoms with Gasteiger partial charge in [0.25, 0.3) is 5.56 Å². The topological polar surface area (TPSA) is 95.2 Å². The number of ether oxygens (including phenoxy) is 1. The summed E-state index contributed by atoms with van der Waals surface area (Å²) in [5, 5.41) is 2.99. The number of anilines is 1. The molecule has 140 valence electrons. The summed E-state index contributed by atoms with van der Waals surface area (Å²) in [6.45, 7) is 0.427. The van der Waals surface area contributed by atoms with Crippen molar-refractivity contribution >= 4 is 22.6 Å². The van der Waals surface area contributed by atoms with Gasteiger partial charge in [0.2, 0.25) is 5.91 Å². The van der Waals surface area contributed by atoms with E-state index in [0.29, 0.717) is 18.7 Å². The fraction of sp³-hybridized carbons (Fsp3) is 0.263. The predicted octanol–water partition coefficient (Wildman–Crippen LogP) is 1.43. The lowest BCUT2D eigenvalue weighted by Gasteiger charge is -2.09. The molecule has 0 aliphatic rings. The Morgan fingerprint density at radius 1 is 1.15 bits per heavy atom. The summed E-state index contributed by atoms with van der Waals surface area (Å²) >= 11 is 0. The number of pyridine rings is 1. The maximum Gasteiger partial charge on any atom is 0.332 e. The van der Waals surface area contributed by atoms with Gasteiger partial charge in [0.15, 0.2) is 0 Å². The number of nitrogens with zero attached hydrogens (tertiary/aromatic N) is 3. The molecule has 0 spiro atoms. The third kappa shape index (κ3) is 4.05. The van der Waals surface area contributed by atoms with Crippen LogP contribution in [0.2, 0.25) is 0 Å². The van der Waals surface area contributed by atoms with Gasteiger partial charge in [-0.3, -0.25) is 18.7 Å². The molecule has 8 heteroatoms. The van der Waals surface area contributed by atoms with Gasteiger partial charge in [0.1, 0.15) is 11.4 Å². The van der Waals surface area contributed by atoms with Crippen molar-refractivity contribution < 1.29 is 9.53 Å². The fourth-order valence-electron chi connectivity index (χ4n) is 2.70. The smallest absolute Gasteiger partial charge is 0.332 e. The number of amides is 1. The molecule has 2 heterocycles. The Hall–Kier alpha value is -3.42. The van der Waals surface area contributed by atoms with Crippen molar-refractivity contribution in [3.8, 4) is 5.75 Å². The first-order valence-corrected chi connectivity index (χ1v) is 8.51. The van der Waals surface area contributed by atoms with E-state index in [1.54, 1.807) is 7.05 Å². The molecule has 0 saturated carbocycles. The van der Waals surface area contributed by atoms with Gasteiger partial charge in [-0.1, -0.05) is 18.2 Å². The van der Waals surface area contributed by atoms with Crippen LogP contribution in [-0.4, -0.2) is 26.6 Å². The van der Waals surface area contributed by atoms with Gasteiger partial charge >= 0.3 is 5.69 Å². The van der Waals surface area contributed by atoms with Crippen LogP contribution >= 0.6 is 0 Å². The summed E-state index contributed by atoms with van der Waals surface area (Å²) in [4.78, 5) is 40.4. The van der Waals surface area contributed by atoms with Gasteiger partial charge in [0.05, 0.1) is 23.9 Å². The Morgan fingerprint density at radius 2 is 1.89 bits per heavy atom. The second-order valence-corrected chi connectivity index (χ2v) is 6.11. The molecular weight excluding hydrogens is 348 g/mol. The highest BCUT2D eigenvalue weighted by molar-refractivity contribution is 5.92. The van der Waals surface area contributed by atoms with Gasteiger partial charge in [-0.25, -0.2) is 9.78 Å². The van der Waals surface area contributed by atoms with Crippen LogP contribution < -0.4 is 21.3 Å². The molecule has 0 aliphatic heterocycles. The molecule has 8 nitrogen and oxygen atoms in total. The number of hydrogen-bond acceptors (Lipinski definition) is 5. The highest BCUT2D eigenvalue weighted by Crippen LogP contribution is 2.13. The minimum atomic E-state index is -0.451. The Bertz CT molecular complexity index is 1090. The van der Waals surface area contributed by atoms with Crippen LogP contribution in [-0.2, 0) is 18.9 Å². The van der Waals surface area contributed by atoms with Gasteiger partial charge < -0.3 is 10.1 Å². The number of para-hydroxylation sites is 1. The van der Waals surface area contributed by atoms with E-state index in [1.165, 1.54) is 23.9 Å². The first-order chi connectivity index (χ1) is 13.0. The summed E-state index contributed by atoms with van der Waals surface area (Å²) in [5.74, 6) is 0.563. The molecule has 0 aliphatic carbocycles. The minimum absolute atomic E-state index is 0.200. The van der Waals surface area contributed by atoms with Crippen LogP contribution in [0.15, 0.2) is 52.2 Å². The lowest BCUT2D eigenvalue weighted by Crippen LogP contribution is -2.37. The number of fused-ring (bicyclic) bond motifs is 1. The zero-order valence-electron chi connectivity index (χ0n) is 15.1. The van der Waals surface area contributed by atoms with Crippen LogP contribution in [0.5, 0.6) is 5.75 Å². The second-order valence-electron chi connectivity index (χ2n) is 6.11. The van der Waals surface area contributed by atoms with Crippen molar-refractivity contribution in [1.29, 1.82) is 0 Å². The van der Waals surface area contributed by atoms with E-state index in [4.69, 9.17) is 4.74 Å². The molecule has 3 rings (SSSR count). The summed E-state index contributed by atoms with van der Waals surface area (Å²) in [7, 11) is 2.95. The lowest BCUT2D eigenvalue weighted by atomic mass is 10.2. The largest absolute Gasteiger partial charge is 0.494 e. The van der Waals surface area contributed by atoms with Crippen molar-refractivity contribution in [2.45, 2.75) is 12.8 Å². The molecule has 0 radical (unpaired) electrons. The van der Waals surface area contributed by atoms with E-state index >= 15 is 0 Å². The van der Waals surface area contributed by atoms with E-state index < -0.39 is 11.2 Å². The van der Waals surface area contributed by atoms with Crippen LogP contribution in [0.4, 0.5) is 5.69 Å². The van der Waals surface area contributed by atoms with E-state index in [-0.39, 0.29) is 23.4 Å². The molecule has 1 aromatic carbocycles. The quantitative estimate of drug-likeness (QED) is 0.664. The average molecular weight is 368 g/mol. The molecule has 0 unspecified atom stereocenters. The van der Waals surface area contributed by atoms with Crippen LogP contribution in [0.25, 0.3) is 11.0 Å². The molecule has 27 heavy (non-hydrogen) atoms. The minimum Gasteiger partial charge on any atom is -0.494 e. The van der Waals surface area contributed by atoms with Crippen LogP contribution in [0, 0.1) is 0 Å². The van der Waals surface area contributed by atoms with Crippen molar-refractivity contribution in [3.63, 3.8) is 0 Å². The van der Waals surface area contributed by atoms with Gasteiger partial charge in [0, 0.05) is 20.5 Å². The maximum atomic E-state index is 12.3. The number of nitrogens with one attached hydrogen (secondary N) is 1. The molecule has 1 amide bonds. The molecule has 1 N–H and O–H groups in total. The highest BCUT2D eigenvalue weighted by Gasteiger charge is 2.11. The monoisotopic (exact) mass is 368 g/mol. The number of hydrogen-bond donors (Lipinski definition) is 1. The molecule has 0 atom stereocenters. The molecule has 3 aromatic rings. The standard InChI is InChI=1S/C19H20N4O4/c1-22-17-15(18(25)23(2)19(22)26)11-13(12-20-17)21-16(24)9-6-10-27-14-7-4-3-5-8-14/h3-5,7-8,11-12H,6,9-10H2,1-2H3,(H,21,24). The van der Waals surface area contributed by atoms with E-state index in [9.17, 15) is 14.4 Å². The normalized spacial score (nSPS) is 10.7. The van der Waals surface area contributed by atoms with Crippen molar-refractivity contribution in [3.05, 3.63) is 63.4 Å². The Morgan fingerprint density at radius 3 is 2.63 bits per heavy atom. The van der Waals surface area contributed by atoms with Gasteiger partial charge in [-0.05, 0) is 24.6 Å². The number of benzene rings is 1. The number of rotatable bonds is 6. The van der Waals surface area contributed by atoms with E-state index in [0.717, 1.165) is 10.3 Å². The van der Waals surface area contributed by atoms with E-state index in [2.05, 4.69) is 10.3 Å². The number of carbonyl (C=O) groups excluding carboxylic acids is 1. The number of aromatic nitrogens is 3. The molecule has 0 bridgehead atoms. The summed E-state index contributed by atoms with van der Waals surface area (Å²) < 4.78 is 7.85. The molecular formula is C19H20N4O4.